The number of rotatable bonds is 2. The van der Waals surface area contributed by atoms with Crippen molar-refractivity contribution in [1.82, 2.24) is 10.3 Å². The average Bonchev–Trinajstić information content (AvgIpc) is 2.70. The minimum Gasteiger partial charge on any atom is -0.352 e. The molecule has 2 aromatic rings. The maximum absolute atomic E-state index is 11.5. The number of aromatic nitrogens is 1. The molecule has 4 nitrogen and oxygen atoms in total. The van der Waals surface area contributed by atoms with Crippen LogP contribution in [0, 0.1) is 0 Å². The molecule has 1 heterocycles. The molecule has 0 radical (unpaired) electrons. The summed E-state index contributed by atoms with van der Waals surface area (Å²) < 4.78 is 0.907. The lowest BCUT2D eigenvalue weighted by Gasteiger charge is -1.92. The maximum atomic E-state index is 11.5. The Morgan fingerprint density at radius 1 is 1.33 bits per heavy atom. The number of fused-ring (bicyclic) bond motifs is 1. The van der Waals surface area contributed by atoms with E-state index in [9.17, 15) is 9.59 Å². The maximum Gasteiger partial charge on any atom is 0.294 e. The number of nitrogens with one attached hydrogen (secondary N) is 1. The van der Waals surface area contributed by atoms with Crippen LogP contribution in [-0.4, -0.2) is 23.7 Å². The second kappa shape index (κ2) is 3.78. The first-order valence-corrected chi connectivity index (χ1v) is 5.16. The van der Waals surface area contributed by atoms with Gasteiger partial charge in [0.05, 0.1) is 10.2 Å². The predicted octanol–water partition coefficient (Wildman–Crippen LogP) is 1.22. The van der Waals surface area contributed by atoms with Gasteiger partial charge < -0.3 is 5.32 Å². The van der Waals surface area contributed by atoms with Crippen molar-refractivity contribution in [1.29, 1.82) is 0 Å². The van der Waals surface area contributed by atoms with Crippen LogP contribution in [0.5, 0.6) is 0 Å². The molecule has 0 aliphatic heterocycles. The zero-order valence-corrected chi connectivity index (χ0v) is 8.80. The number of likely N-dealkylation sites (N-methyl/N-ethyl adjacent to an activating group) is 1. The third-order valence-corrected chi connectivity index (χ3v) is 2.96. The van der Waals surface area contributed by atoms with Crippen molar-refractivity contribution in [3.05, 3.63) is 29.3 Å². The van der Waals surface area contributed by atoms with E-state index in [1.165, 1.54) is 18.4 Å². The molecular weight excluding hydrogens is 212 g/mol. The van der Waals surface area contributed by atoms with E-state index in [2.05, 4.69) is 10.3 Å². The fraction of sp³-hybridized carbons (Fsp3) is 0.100. The molecule has 1 aromatic carbocycles. The Labute approximate surface area is 89.9 Å². The molecule has 0 saturated heterocycles. The van der Waals surface area contributed by atoms with E-state index in [1.807, 2.05) is 24.3 Å². The minimum atomic E-state index is -0.631. The van der Waals surface area contributed by atoms with Crippen molar-refractivity contribution in [3.8, 4) is 0 Å². The molecule has 2 rings (SSSR count). The van der Waals surface area contributed by atoms with Gasteiger partial charge in [0.1, 0.15) is 0 Å². The van der Waals surface area contributed by atoms with E-state index >= 15 is 0 Å². The fourth-order valence-electron chi connectivity index (χ4n) is 1.18. The summed E-state index contributed by atoms with van der Waals surface area (Å²) in [6.45, 7) is 0. The molecule has 1 aromatic heterocycles. The van der Waals surface area contributed by atoms with Gasteiger partial charge >= 0.3 is 0 Å². The van der Waals surface area contributed by atoms with Crippen LogP contribution < -0.4 is 5.32 Å². The fourth-order valence-corrected chi connectivity index (χ4v) is 2.08. The monoisotopic (exact) mass is 220 g/mol. The summed E-state index contributed by atoms with van der Waals surface area (Å²) in [6, 6.07) is 7.39. The summed E-state index contributed by atoms with van der Waals surface area (Å²) in [7, 11) is 1.42. The second-order valence-electron chi connectivity index (χ2n) is 2.89. The smallest absolute Gasteiger partial charge is 0.294 e. The van der Waals surface area contributed by atoms with E-state index in [4.69, 9.17) is 0 Å². The van der Waals surface area contributed by atoms with Gasteiger partial charge in [0, 0.05) is 7.05 Å². The molecule has 0 bridgehead atoms. The summed E-state index contributed by atoms with van der Waals surface area (Å²) in [4.78, 5) is 26.7. The van der Waals surface area contributed by atoms with Crippen molar-refractivity contribution >= 4 is 33.2 Å². The van der Waals surface area contributed by atoms with Gasteiger partial charge in [-0.1, -0.05) is 12.1 Å². The molecule has 76 valence electrons. The number of carbonyl (C=O) groups is 2. The number of hydrogen-bond acceptors (Lipinski definition) is 4. The van der Waals surface area contributed by atoms with Gasteiger partial charge in [0.2, 0.25) is 0 Å². The first-order valence-electron chi connectivity index (χ1n) is 4.34. The van der Waals surface area contributed by atoms with Crippen molar-refractivity contribution in [2.45, 2.75) is 0 Å². The third-order valence-electron chi connectivity index (χ3n) is 1.92. The van der Waals surface area contributed by atoms with Crippen molar-refractivity contribution in [2.75, 3.05) is 7.05 Å². The number of ketones is 1. The molecule has 15 heavy (non-hydrogen) atoms. The van der Waals surface area contributed by atoms with E-state index in [0.717, 1.165) is 10.2 Å². The minimum absolute atomic E-state index is 0.232. The summed E-state index contributed by atoms with van der Waals surface area (Å²) in [5, 5.41) is 2.52. The van der Waals surface area contributed by atoms with E-state index in [0.29, 0.717) is 0 Å². The van der Waals surface area contributed by atoms with Gasteiger partial charge in [-0.05, 0) is 12.1 Å². The summed E-state index contributed by atoms with van der Waals surface area (Å²) in [5.41, 5.74) is 0.745. The standard InChI is InChI=1S/C10H8N2O2S/c1-11-9(14)8(13)10-12-6-4-2-3-5-7(6)15-10/h2-5H,1H3,(H,11,14). The Morgan fingerprint density at radius 2 is 2.07 bits per heavy atom. The number of benzene rings is 1. The molecule has 0 atom stereocenters. The molecular formula is C10H8N2O2S. The zero-order chi connectivity index (χ0) is 10.8. The number of amides is 1. The van der Waals surface area contributed by atoms with Gasteiger partial charge in [0.15, 0.2) is 5.01 Å². The van der Waals surface area contributed by atoms with E-state index in [-0.39, 0.29) is 5.01 Å². The van der Waals surface area contributed by atoms with Gasteiger partial charge in [-0.2, -0.15) is 0 Å². The Morgan fingerprint density at radius 3 is 2.73 bits per heavy atom. The van der Waals surface area contributed by atoms with Crippen LogP contribution >= 0.6 is 11.3 Å². The highest BCUT2D eigenvalue weighted by atomic mass is 32.1. The SMILES string of the molecule is CNC(=O)C(=O)c1nc2ccccc2s1. The lowest BCUT2D eigenvalue weighted by atomic mass is 10.3. The molecule has 1 N–H and O–H groups in total. The van der Waals surface area contributed by atoms with Crippen LogP contribution in [0.25, 0.3) is 10.2 Å². The summed E-state index contributed by atoms with van der Waals surface area (Å²) in [6.07, 6.45) is 0. The Bertz CT molecular complexity index is 500. The number of nitrogens with zero attached hydrogens (tertiary/aromatic N) is 1. The van der Waals surface area contributed by atoms with Crippen LogP contribution in [0.2, 0.25) is 0 Å². The van der Waals surface area contributed by atoms with Crippen LogP contribution in [0.4, 0.5) is 0 Å². The predicted molar refractivity (Wildman–Crippen MR) is 58.0 cm³/mol. The first-order chi connectivity index (χ1) is 7.22. The highest BCUT2D eigenvalue weighted by Crippen LogP contribution is 2.21. The van der Waals surface area contributed by atoms with Crippen LogP contribution in [0.3, 0.4) is 0 Å². The number of thiazole rings is 1. The molecule has 0 unspecified atom stereocenters. The Hall–Kier alpha value is -1.75. The summed E-state index contributed by atoms with van der Waals surface area (Å²) in [5.74, 6) is -1.22. The first kappa shape index (κ1) is 9.79. The largest absolute Gasteiger partial charge is 0.352 e. The van der Waals surface area contributed by atoms with Crippen LogP contribution in [-0.2, 0) is 4.79 Å². The van der Waals surface area contributed by atoms with Gasteiger partial charge in [-0.3, -0.25) is 9.59 Å². The van der Waals surface area contributed by atoms with Crippen molar-refractivity contribution in [2.24, 2.45) is 0 Å². The molecule has 0 saturated carbocycles. The highest BCUT2D eigenvalue weighted by molar-refractivity contribution is 7.20. The molecule has 1 amide bonds. The topological polar surface area (TPSA) is 59.1 Å². The number of Topliss-reactive ketones (excluding diaryl/α,β-unsaturated/α-hetero) is 1. The third kappa shape index (κ3) is 1.73. The van der Waals surface area contributed by atoms with Crippen LogP contribution in [0.1, 0.15) is 9.80 Å². The van der Waals surface area contributed by atoms with Gasteiger partial charge in [0.25, 0.3) is 11.7 Å². The molecule has 5 heteroatoms. The molecule has 0 aliphatic rings. The lowest BCUT2D eigenvalue weighted by molar-refractivity contribution is -0.116. The number of para-hydroxylation sites is 1. The number of hydrogen-bond donors (Lipinski definition) is 1. The zero-order valence-electron chi connectivity index (χ0n) is 7.98. The molecule has 0 spiro atoms. The van der Waals surface area contributed by atoms with Gasteiger partial charge in [-0.25, -0.2) is 4.98 Å². The van der Waals surface area contributed by atoms with Crippen LogP contribution in [0.15, 0.2) is 24.3 Å². The quantitative estimate of drug-likeness (QED) is 0.611. The summed E-state index contributed by atoms with van der Waals surface area (Å²) >= 11 is 1.23. The Balaban J connectivity index is 2.45. The second-order valence-corrected chi connectivity index (χ2v) is 3.93. The van der Waals surface area contributed by atoms with Crippen molar-refractivity contribution in [3.63, 3.8) is 0 Å². The average molecular weight is 220 g/mol. The molecule has 0 fully saturated rings. The highest BCUT2D eigenvalue weighted by Gasteiger charge is 2.18. The number of carbonyl (C=O) groups excluding carboxylic acids is 2. The van der Waals surface area contributed by atoms with E-state index in [1.54, 1.807) is 0 Å². The van der Waals surface area contributed by atoms with E-state index < -0.39 is 11.7 Å². The Kier molecular flexibility index (Phi) is 2.47. The van der Waals surface area contributed by atoms with Crippen molar-refractivity contribution < 1.29 is 9.59 Å². The lowest BCUT2D eigenvalue weighted by Crippen LogP contribution is -2.27. The molecule has 0 aliphatic carbocycles. The van der Waals surface area contributed by atoms with Gasteiger partial charge in [-0.15, -0.1) is 11.3 Å². The normalized spacial score (nSPS) is 10.2.